The van der Waals surface area contributed by atoms with Gasteiger partial charge in [-0.1, -0.05) is 11.8 Å². The van der Waals surface area contributed by atoms with E-state index in [2.05, 4.69) is 9.97 Å². The van der Waals surface area contributed by atoms with Gasteiger partial charge in [-0.3, -0.25) is 9.59 Å². The third-order valence-electron chi connectivity index (χ3n) is 3.70. The van der Waals surface area contributed by atoms with E-state index in [1.54, 1.807) is 11.0 Å². The highest BCUT2D eigenvalue weighted by Crippen LogP contribution is 2.22. The Balaban J connectivity index is 1.54. The van der Waals surface area contributed by atoms with E-state index in [1.807, 2.05) is 6.07 Å². The summed E-state index contributed by atoms with van der Waals surface area (Å²) < 4.78 is 5.25. The molecular weight excluding hydrogens is 374 g/mol. The van der Waals surface area contributed by atoms with Crippen molar-refractivity contribution in [2.24, 2.45) is 0 Å². The number of nitrogens with zero attached hydrogens (tertiary/aromatic N) is 3. The summed E-state index contributed by atoms with van der Waals surface area (Å²) in [5, 5.41) is 0.370. The lowest BCUT2D eigenvalue weighted by Crippen LogP contribution is -2.41. The number of anilines is 2. The van der Waals surface area contributed by atoms with Crippen LogP contribution in [0.3, 0.4) is 0 Å². The second kappa shape index (κ2) is 8.47. The van der Waals surface area contributed by atoms with Gasteiger partial charge in [0.25, 0.3) is 0 Å². The van der Waals surface area contributed by atoms with Crippen LogP contribution in [-0.4, -0.2) is 58.6 Å². The van der Waals surface area contributed by atoms with E-state index in [1.165, 1.54) is 29.2 Å². The highest BCUT2D eigenvalue weighted by atomic mass is 32.2. The van der Waals surface area contributed by atoms with E-state index in [0.717, 1.165) is 4.88 Å². The second-order valence-corrected chi connectivity index (χ2v) is 7.76. The summed E-state index contributed by atoms with van der Waals surface area (Å²) in [5.74, 6) is 0.738. The lowest BCUT2D eigenvalue weighted by atomic mass is 10.3. The van der Waals surface area contributed by atoms with Gasteiger partial charge < -0.3 is 21.1 Å². The van der Waals surface area contributed by atoms with Gasteiger partial charge >= 0.3 is 0 Å². The SMILES string of the molecule is Nc1cc(N)nc(SCC(=O)c2ccc(CC(=O)N3CCOCC3)s2)n1. The number of nitrogen functional groups attached to an aromatic ring is 2. The largest absolute Gasteiger partial charge is 0.383 e. The fourth-order valence-corrected chi connectivity index (χ4v) is 4.21. The third kappa shape index (κ3) is 4.93. The molecule has 1 aliphatic rings. The van der Waals surface area contributed by atoms with Crippen molar-refractivity contribution in [1.29, 1.82) is 0 Å². The van der Waals surface area contributed by atoms with Crippen molar-refractivity contribution < 1.29 is 14.3 Å². The highest BCUT2D eigenvalue weighted by Gasteiger charge is 2.19. The van der Waals surface area contributed by atoms with Crippen LogP contribution in [0.15, 0.2) is 23.4 Å². The van der Waals surface area contributed by atoms with Crippen LogP contribution in [0.1, 0.15) is 14.5 Å². The van der Waals surface area contributed by atoms with Gasteiger partial charge in [-0.05, 0) is 12.1 Å². The van der Waals surface area contributed by atoms with E-state index >= 15 is 0 Å². The Labute approximate surface area is 158 Å². The molecule has 3 heterocycles. The molecule has 8 nitrogen and oxygen atoms in total. The number of carbonyl (C=O) groups is 2. The Morgan fingerprint density at radius 1 is 1.19 bits per heavy atom. The molecule has 2 aromatic rings. The molecule has 0 atom stereocenters. The van der Waals surface area contributed by atoms with Crippen molar-refractivity contribution in [2.45, 2.75) is 11.6 Å². The molecule has 10 heteroatoms. The van der Waals surface area contributed by atoms with Crippen molar-refractivity contribution in [3.05, 3.63) is 28.0 Å². The monoisotopic (exact) mass is 393 g/mol. The van der Waals surface area contributed by atoms with Crippen molar-refractivity contribution >= 4 is 46.4 Å². The molecule has 3 rings (SSSR count). The van der Waals surface area contributed by atoms with Crippen LogP contribution in [0, 0.1) is 0 Å². The number of amides is 1. The molecule has 0 unspecified atom stereocenters. The predicted octanol–water partition coefficient (Wildman–Crippen LogP) is 1.08. The maximum atomic E-state index is 12.3. The predicted molar refractivity (Wildman–Crippen MR) is 101 cm³/mol. The first-order chi connectivity index (χ1) is 12.5. The molecule has 0 aliphatic carbocycles. The number of thioether (sulfide) groups is 1. The number of ether oxygens (including phenoxy) is 1. The highest BCUT2D eigenvalue weighted by molar-refractivity contribution is 7.99. The molecular formula is C16H19N5O3S2. The molecule has 1 saturated heterocycles. The lowest BCUT2D eigenvalue weighted by molar-refractivity contribution is -0.134. The van der Waals surface area contributed by atoms with Crippen LogP contribution in [0.4, 0.5) is 11.6 Å². The first-order valence-corrected chi connectivity index (χ1v) is 9.82. The number of nitrogens with two attached hydrogens (primary N) is 2. The minimum atomic E-state index is -0.0466. The molecule has 4 N–H and O–H groups in total. The molecule has 138 valence electrons. The zero-order valence-electron chi connectivity index (χ0n) is 14.0. The first-order valence-electron chi connectivity index (χ1n) is 8.01. The number of aromatic nitrogens is 2. The summed E-state index contributed by atoms with van der Waals surface area (Å²) >= 11 is 2.53. The average molecular weight is 393 g/mol. The molecule has 0 radical (unpaired) electrons. The standard InChI is InChI=1S/C16H19N5O3S2/c17-13-8-14(18)20-16(19-13)25-9-11(22)12-2-1-10(26-12)7-15(23)21-3-5-24-6-4-21/h1-2,8H,3-7,9H2,(H4,17,18,19,20). The fourth-order valence-electron chi connectivity index (χ4n) is 2.42. The lowest BCUT2D eigenvalue weighted by Gasteiger charge is -2.26. The third-order valence-corrected chi connectivity index (χ3v) is 5.68. The zero-order valence-corrected chi connectivity index (χ0v) is 15.6. The van der Waals surface area contributed by atoms with Gasteiger partial charge in [0.15, 0.2) is 10.9 Å². The number of Topliss-reactive ketones (excluding diaryl/α,β-unsaturated/α-hetero) is 1. The Bertz CT molecular complexity index is 785. The minimum absolute atomic E-state index is 0.0466. The normalized spacial score (nSPS) is 14.4. The fraction of sp³-hybridized carbons (Fsp3) is 0.375. The zero-order chi connectivity index (χ0) is 18.5. The Hall–Kier alpha value is -2.17. The van der Waals surface area contributed by atoms with Gasteiger partial charge in [0.1, 0.15) is 11.6 Å². The number of hydrogen-bond acceptors (Lipinski definition) is 9. The molecule has 1 aliphatic heterocycles. The Kier molecular flexibility index (Phi) is 6.07. The number of thiophene rings is 1. The number of carbonyl (C=O) groups excluding carboxylic acids is 2. The van der Waals surface area contributed by atoms with Gasteiger partial charge in [0.2, 0.25) is 5.91 Å². The van der Waals surface area contributed by atoms with Crippen LogP contribution in [0.25, 0.3) is 0 Å². The van der Waals surface area contributed by atoms with Crippen molar-refractivity contribution in [1.82, 2.24) is 14.9 Å². The number of morpholine rings is 1. The Morgan fingerprint density at radius 2 is 1.88 bits per heavy atom. The second-order valence-electron chi connectivity index (χ2n) is 5.65. The van der Waals surface area contributed by atoms with Gasteiger partial charge in [-0.25, -0.2) is 9.97 Å². The maximum Gasteiger partial charge on any atom is 0.227 e. The number of ketones is 1. The number of rotatable bonds is 6. The van der Waals surface area contributed by atoms with E-state index in [0.29, 0.717) is 42.8 Å². The average Bonchev–Trinajstić information content (AvgIpc) is 3.08. The summed E-state index contributed by atoms with van der Waals surface area (Å²) in [6.07, 6.45) is 0.306. The van der Waals surface area contributed by atoms with Crippen LogP contribution >= 0.6 is 23.1 Å². The van der Waals surface area contributed by atoms with Crippen molar-refractivity contribution in [3.63, 3.8) is 0 Å². The van der Waals surface area contributed by atoms with E-state index in [9.17, 15) is 9.59 Å². The minimum Gasteiger partial charge on any atom is -0.383 e. The van der Waals surface area contributed by atoms with E-state index in [4.69, 9.17) is 16.2 Å². The van der Waals surface area contributed by atoms with Gasteiger partial charge in [0, 0.05) is 24.0 Å². The first kappa shape index (κ1) is 18.6. The van der Waals surface area contributed by atoms with E-state index in [-0.39, 0.29) is 29.1 Å². The van der Waals surface area contributed by atoms with Gasteiger partial charge in [-0.2, -0.15) is 0 Å². The molecule has 0 bridgehead atoms. The van der Waals surface area contributed by atoms with E-state index < -0.39 is 0 Å². The molecule has 0 aromatic carbocycles. The Morgan fingerprint density at radius 3 is 2.58 bits per heavy atom. The van der Waals surface area contributed by atoms with Gasteiger partial charge in [0.05, 0.1) is 30.3 Å². The summed E-state index contributed by atoms with van der Waals surface area (Å²) in [6.45, 7) is 2.40. The molecule has 0 spiro atoms. The van der Waals surface area contributed by atoms with Crippen LogP contribution < -0.4 is 11.5 Å². The summed E-state index contributed by atoms with van der Waals surface area (Å²) in [5.41, 5.74) is 11.2. The van der Waals surface area contributed by atoms with Crippen LogP contribution in [0.5, 0.6) is 0 Å². The smallest absolute Gasteiger partial charge is 0.227 e. The van der Waals surface area contributed by atoms with Gasteiger partial charge in [-0.15, -0.1) is 11.3 Å². The van der Waals surface area contributed by atoms with Crippen LogP contribution in [0.2, 0.25) is 0 Å². The topological polar surface area (TPSA) is 124 Å². The molecule has 1 amide bonds. The maximum absolute atomic E-state index is 12.3. The molecule has 2 aromatic heterocycles. The van der Waals surface area contributed by atoms with Crippen molar-refractivity contribution in [3.8, 4) is 0 Å². The molecule has 0 saturated carbocycles. The molecule has 26 heavy (non-hydrogen) atoms. The van der Waals surface area contributed by atoms with Crippen LogP contribution in [-0.2, 0) is 16.0 Å². The summed E-state index contributed by atoms with van der Waals surface area (Å²) in [6, 6.07) is 5.04. The molecule has 1 fully saturated rings. The summed E-state index contributed by atoms with van der Waals surface area (Å²) in [4.78, 5) is 36.0. The number of hydrogen-bond donors (Lipinski definition) is 2. The quantitative estimate of drug-likeness (QED) is 0.424. The summed E-state index contributed by atoms with van der Waals surface area (Å²) in [7, 11) is 0. The van der Waals surface area contributed by atoms with Crippen molar-refractivity contribution in [2.75, 3.05) is 43.5 Å².